The van der Waals surface area contributed by atoms with Crippen molar-refractivity contribution in [2.45, 2.75) is 20.0 Å². The molecular weight excluding hydrogens is 401 g/mol. The Labute approximate surface area is 182 Å². The summed E-state index contributed by atoms with van der Waals surface area (Å²) in [7, 11) is 0. The molecule has 1 atom stereocenters. The lowest BCUT2D eigenvalue weighted by atomic mass is 10.1. The number of rotatable bonds is 6. The SMILES string of the molecule is CC(C)CN(C[C@@H]1CN(C(=S)Nc2ccc(F)cc2)CCO1)C(=O)c1ccccc1. The Morgan fingerprint density at radius 1 is 1.23 bits per heavy atom. The van der Waals surface area contributed by atoms with Gasteiger partial charge < -0.3 is 19.9 Å². The van der Waals surface area contributed by atoms with Crippen molar-refractivity contribution >= 4 is 28.9 Å². The summed E-state index contributed by atoms with van der Waals surface area (Å²) in [4.78, 5) is 16.9. The third kappa shape index (κ3) is 6.24. The zero-order valence-corrected chi connectivity index (χ0v) is 18.2. The lowest BCUT2D eigenvalue weighted by Crippen LogP contribution is -2.52. The number of amides is 1. The Kier molecular flexibility index (Phi) is 7.76. The first-order valence-corrected chi connectivity index (χ1v) is 10.6. The standard InChI is InChI=1S/C23H28FN3O2S/c1-17(2)14-27(22(28)18-6-4-3-5-7-18)16-21-15-26(12-13-29-21)23(30)25-20-10-8-19(24)9-11-20/h3-11,17,21H,12-16H2,1-2H3,(H,25,30)/t21-/m0/s1. The number of thiocarbonyl (C=S) groups is 1. The first kappa shape index (κ1) is 22.2. The molecule has 5 nitrogen and oxygen atoms in total. The van der Waals surface area contributed by atoms with Gasteiger partial charge in [-0.1, -0.05) is 32.0 Å². The van der Waals surface area contributed by atoms with Crippen molar-refractivity contribution in [3.63, 3.8) is 0 Å². The predicted molar refractivity (Wildman–Crippen MR) is 121 cm³/mol. The predicted octanol–water partition coefficient (Wildman–Crippen LogP) is 4.02. The van der Waals surface area contributed by atoms with Gasteiger partial charge in [0.25, 0.3) is 5.91 Å². The van der Waals surface area contributed by atoms with Crippen LogP contribution >= 0.6 is 12.2 Å². The van der Waals surface area contributed by atoms with E-state index in [1.54, 1.807) is 12.1 Å². The maximum atomic E-state index is 13.1. The Bertz CT molecular complexity index is 845. The van der Waals surface area contributed by atoms with Gasteiger partial charge >= 0.3 is 0 Å². The molecule has 1 aliphatic rings. The average Bonchev–Trinajstić information content (AvgIpc) is 2.75. The monoisotopic (exact) mass is 429 g/mol. The third-order valence-electron chi connectivity index (χ3n) is 4.84. The highest BCUT2D eigenvalue weighted by atomic mass is 32.1. The van der Waals surface area contributed by atoms with Gasteiger partial charge in [0.1, 0.15) is 5.82 Å². The molecule has 2 aromatic rings. The van der Waals surface area contributed by atoms with Crippen molar-refractivity contribution in [2.75, 3.05) is 38.1 Å². The highest BCUT2D eigenvalue weighted by Crippen LogP contribution is 2.15. The number of halogens is 1. The number of ether oxygens (including phenoxy) is 1. The van der Waals surface area contributed by atoms with E-state index in [9.17, 15) is 9.18 Å². The fraction of sp³-hybridized carbons (Fsp3) is 0.391. The second-order valence-electron chi connectivity index (χ2n) is 7.85. The number of morpholine rings is 1. The molecule has 0 unspecified atom stereocenters. The minimum absolute atomic E-state index is 0.0111. The number of benzene rings is 2. The molecule has 1 heterocycles. The van der Waals surface area contributed by atoms with Crippen molar-refractivity contribution in [1.29, 1.82) is 0 Å². The van der Waals surface area contributed by atoms with E-state index in [1.807, 2.05) is 40.1 Å². The molecule has 1 N–H and O–H groups in total. The molecule has 7 heteroatoms. The molecule has 0 aliphatic carbocycles. The van der Waals surface area contributed by atoms with Gasteiger partial charge in [0.2, 0.25) is 0 Å². The van der Waals surface area contributed by atoms with Gasteiger partial charge in [0.15, 0.2) is 5.11 Å². The van der Waals surface area contributed by atoms with Gasteiger partial charge in [-0.15, -0.1) is 0 Å². The smallest absolute Gasteiger partial charge is 0.253 e. The van der Waals surface area contributed by atoms with Crippen molar-refractivity contribution in [2.24, 2.45) is 5.92 Å². The maximum Gasteiger partial charge on any atom is 0.253 e. The fourth-order valence-corrected chi connectivity index (χ4v) is 3.72. The van der Waals surface area contributed by atoms with E-state index in [0.29, 0.717) is 49.4 Å². The van der Waals surface area contributed by atoms with Crippen molar-refractivity contribution in [1.82, 2.24) is 9.80 Å². The Morgan fingerprint density at radius 2 is 1.93 bits per heavy atom. The summed E-state index contributed by atoms with van der Waals surface area (Å²) in [5.41, 5.74) is 1.42. The molecule has 1 aliphatic heterocycles. The quantitative estimate of drug-likeness (QED) is 0.703. The minimum Gasteiger partial charge on any atom is -0.373 e. The van der Waals surface area contributed by atoms with Gasteiger partial charge in [-0.2, -0.15) is 0 Å². The van der Waals surface area contributed by atoms with Crippen LogP contribution in [0.2, 0.25) is 0 Å². The molecule has 1 saturated heterocycles. The minimum atomic E-state index is -0.286. The number of anilines is 1. The lowest BCUT2D eigenvalue weighted by molar-refractivity contribution is -0.0215. The zero-order chi connectivity index (χ0) is 21.5. The molecule has 0 saturated carbocycles. The fourth-order valence-electron chi connectivity index (χ4n) is 3.44. The van der Waals surface area contributed by atoms with E-state index in [-0.39, 0.29) is 17.8 Å². The normalized spacial score (nSPS) is 16.4. The molecule has 1 fully saturated rings. The van der Waals surface area contributed by atoms with E-state index >= 15 is 0 Å². The highest BCUT2D eigenvalue weighted by Gasteiger charge is 2.27. The number of hydrogen-bond donors (Lipinski definition) is 1. The third-order valence-corrected chi connectivity index (χ3v) is 5.20. The summed E-state index contributed by atoms with van der Waals surface area (Å²) in [6, 6.07) is 15.4. The van der Waals surface area contributed by atoms with Gasteiger partial charge in [-0.25, -0.2) is 4.39 Å². The molecule has 0 aromatic heterocycles. The van der Waals surface area contributed by atoms with Crippen LogP contribution in [0.4, 0.5) is 10.1 Å². The molecule has 0 spiro atoms. The molecule has 0 bridgehead atoms. The molecule has 30 heavy (non-hydrogen) atoms. The number of carbonyl (C=O) groups is 1. The summed E-state index contributed by atoms with van der Waals surface area (Å²) < 4.78 is 19.1. The maximum absolute atomic E-state index is 13.1. The topological polar surface area (TPSA) is 44.8 Å². The van der Waals surface area contributed by atoms with E-state index in [2.05, 4.69) is 19.2 Å². The summed E-state index contributed by atoms with van der Waals surface area (Å²) in [6.07, 6.45) is -0.141. The average molecular weight is 430 g/mol. The van der Waals surface area contributed by atoms with Crippen LogP contribution in [0.5, 0.6) is 0 Å². The van der Waals surface area contributed by atoms with Crippen LogP contribution in [0.15, 0.2) is 54.6 Å². The molecule has 3 rings (SSSR count). The number of hydrogen-bond acceptors (Lipinski definition) is 3. The first-order chi connectivity index (χ1) is 14.4. The molecule has 0 radical (unpaired) electrons. The lowest BCUT2D eigenvalue weighted by Gasteiger charge is -2.37. The molecule has 2 aromatic carbocycles. The van der Waals surface area contributed by atoms with Crippen molar-refractivity contribution in [3.05, 3.63) is 66.0 Å². The largest absolute Gasteiger partial charge is 0.373 e. The van der Waals surface area contributed by atoms with E-state index in [1.165, 1.54) is 12.1 Å². The van der Waals surface area contributed by atoms with Crippen LogP contribution in [0.1, 0.15) is 24.2 Å². The Hall–Kier alpha value is -2.51. The van der Waals surface area contributed by atoms with Crippen LogP contribution in [0.3, 0.4) is 0 Å². The van der Waals surface area contributed by atoms with E-state index in [4.69, 9.17) is 17.0 Å². The van der Waals surface area contributed by atoms with Gasteiger partial charge in [-0.3, -0.25) is 4.79 Å². The second kappa shape index (κ2) is 10.5. The first-order valence-electron chi connectivity index (χ1n) is 10.2. The number of carbonyl (C=O) groups excluding carboxylic acids is 1. The summed E-state index contributed by atoms with van der Waals surface area (Å²) >= 11 is 5.54. The summed E-state index contributed by atoms with van der Waals surface area (Å²) in [5, 5.41) is 3.72. The van der Waals surface area contributed by atoms with Crippen LogP contribution in [0.25, 0.3) is 0 Å². The van der Waals surface area contributed by atoms with E-state index < -0.39 is 0 Å². The second-order valence-corrected chi connectivity index (χ2v) is 8.23. The van der Waals surface area contributed by atoms with E-state index in [0.717, 1.165) is 5.69 Å². The van der Waals surface area contributed by atoms with Gasteiger partial charge in [0, 0.05) is 37.4 Å². The van der Waals surface area contributed by atoms with Crippen LogP contribution in [-0.2, 0) is 4.74 Å². The van der Waals surface area contributed by atoms with Crippen LogP contribution in [-0.4, -0.2) is 59.7 Å². The van der Waals surface area contributed by atoms with Crippen molar-refractivity contribution in [3.8, 4) is 0 Å². The number of nitrogens with one attached hydrogen (secondary N) is 1. The Balaban J connectivity index is 1.62. The van der Waals surface area contributed by atoms with Crippen LogP contribution < -0.4 is 5.32 Å². The van der Waals surface area contributed by atoms with Crippen LogP contribution in [0, 0.1) is 11.7 Å². The summed E-state index contributed by atoms with van der Waals surface area (Å²) in [6.45, 7) is 7.14. The van der Waals surface area contributed by atoms with Gasteiger partial charge in [0.05, 0.1) is 12.7 Å². The summed E-state index contributed by atoms with van der Waals surface area (Å²) in [5.74, 6) is 0.0712. The Morgan fingerprint density at radius 3 is 2.60 bits per heavy atom. The molecular formula is C23H28FN3O2S. The van der Waals surface area contributed by atoms with Gasteiger partial charge in [-0.05, 0) is 54.5 Å². The molecule has 160 valence electrons. The highest BCUT2D eigenvalue weighted by molar-refractivity contribution is 7.80. The number of nitrogens with zero attached hydrogens (tertiary/aromatic N) is 2. The zero-order valence-electron chi connectivity index (χ0n) is 17.4. The van der Waals surface area contributed by atoms with Crippen molar-refractivity contribution < 1.29 is 13.9 Å². The molecule has 1 amide bonds.